The summed E-state index contributed by atoms with van der Waals surface area (Å²) in [4.78, 5) is 14.7. The highest BCUT2D eigenvalue weighted by molar-refractivity contribution is 6.30. The van der Waals surface area contributed by atoms with E-state index in [9.17, 15) is 4.79 Å². The number of methoxy groups -OCH3 is 1. The highest BCUT2D eigenvalue weighted by Gasteiger charge is 2.19. The number of rotatable bonds is 10. The van der Waals surface area contributed by atoms with E-state index >= 15 is 0 Å². The van der Waals surface area contributed by atoms with Gasteiger partial charge in [-0.3, -0.25) is 9.69 Å². The topological polar surface area (TPSA) is 41.6 Å². The number of hydrogen-bond donors (Lipinski definition) is 1. The molecule has 1 atom stereocenters. The monoisotopic (exact) mass is 388 g/mol. The molecule has 0 aromatic heterocycles. The maximum absolute atomic E-state index is 12.4. The summed E-state index contributed by atoms with van der Waals surface area (Å²) in [5, 5.41) is 3.81. The number of hydrogen-bond acceptors (Lipinski definition) is 3. The van der Waals surface area contributed by atoms with E-state index in [0.717, 1.165) is 30.0 Å². The van der Waals surface area contributed by atoms with E-state index in [1.807, 2.05) is 42.5 Å². The van der Waals surface area contributed by atoms with Crippen molar-refractivity contribution < 1.29 is 9.53 Å². The Labute approximate surface area is 167 Å². The van der Waals surface area contributed by atoms with Crippen LogP contribution in [0.5, 0.6) is 5.75 Å². The molecule has 0 heterocycles. The molecule has 0 fully saturated rings. The van der Waals surface area contributed by atoms with Crippen LogP contribution < -0.4 is 10.1 Å². The van der Waals surface area contributed by atoms with Gasteiger partial charge in [-0.25, -0.2) is 0 Å². The first kappa shape index (κ1) is 21.3. The molecule has 1 N–H and O–H groups in total. The minimum absolute atomic E-state index is 0.0602. The molecule has 4 nitrogen and oxygen atoms in total. The minimum atomic E-state index is 0.0602. The summed E-state index contributed by atoms with van der Waals surface area (Å²) in [6.45, 7) is 6.68. The minimum Gasteiger partial charge on any atom is -0.497 e. The predicted molar refractivity (Wildman–Crippen MR) is 111 cm³/mol. The lowest BCUT2D eigenvalue weighted by Crippen LogP contribution is -2.38. The van der Waals surface area contributed by atoms with Crippen molar-refractivity contribution >= 4 is 17.5 Å². The maximum Gasteiger partial charge on any atom is 0.220 e. The van der Waals surface area contributed by atoms with Crippen LogP contribution in [0.25, 0.3) is 0 Å². The first-order valence-electron chi connectivity index (χ1n) is 9.46. The van der Waals surface area contributed by atoms with Gasteiger partial charge >= 0.3 is 0 Å². The molecule has 0 aliphatic heterocycles. The lowest BCUT2D eigenvalue weighted by molar-refractivity contribution is -0.121. The number of benzene rings is 2. The summed E-state index contributed by atoms with van der Waals surface area (Å²) < 4.78 is 5.36. The van der Waals surface area contributed by atoms with Gasteiger partial charge in [0.15, 0.2) is 0 Å². The quantitative estimate of drug-likeness (QED) is 0.652. The molecule has 2 aromatic rings. The number of ether oxygens (including phenoxy) is 1. The van der Waals surface area contributed by atoms with Crippen molar-refractivity contribution in [3.05, 3.63) is 64.7 Å². The molecule has 146 valence electrons. The third-order valence-electron chi connectivity index (χ3n) is 4.78. The zero-order valence-corrected chi connectivity index (χ0v) is 17.1. The normalized spacial score (nSPS) is 12.0. The fraction of sp³-hybridized carbons (Fsp3) is 0.409. The second-order valence-electron chi connectivity index (χ2n) is 6.44. The van der Waals surface area contributed by atoms with E-state index in [1.165, 1.54) is 0 Å². The van der Waals surface area contributed by atoms with Gasteiger partial charge in [0.1, 0.15) is 5.75 Å². The first-order chi connectivity index (χ1) is 13.1. The lowest BCUT2D eigenvalue weighted by Gasteiger charge is -2.30. The summed E-state index contributed by atoms with van der Waals surface area (Å²) in [5.74, 6) is 0.892. The molecule has 0 radical (unpaired) electrons. The van der Waals surface area contributed by atoms with Gasteiger partial charge in [-0.15, -0.1) is 0 Å². The number of carbonyl (C=O) groups excluding carboxylic acids is 1. The van der Waals surface area contributed by atoms with Crippen molar-refractivity contribution in [1.29, 1.82) is 0 Å². The third-order valence-corrected chi connectivity index (χ3v) is 5.03. The number of aryl methyl sites for hydroxylation is 1. The number of likely N-dealkylation sites (N-methyl/N-ethyl adjacent to an activating group) is 1. The Balaban J connectivity index is 1.97. The summed E-state index contributed by atoms with van der Waals surface area (Å²) in [7, 11) is 1.67. The fourth-order valence-electron chi connectivity index (χ4n) is 3.18. The Morgan fingerprint density at radius 2 is 1.85 bits per heavy atom. The molecule has 1 amide bonds. The zero-order valence-electron chi connectivity index (χ0n) is 16.4. The van der Waals surface area contributed by atoms with Crippen molar-refractivity contribution in [3.8, 4) is 5.75 Å². The number of halogens is 1. The van der Waals surface area contributed by atoms with Gasteiger partial charge in [0, 0.05) is 18.0 Å². The summed E-state index contributed by atoms with van der Waals surface area (Å²) >= 11 is 5.90. The van der Waals surface area contributed by atoms with Crippen LogP contribution in [0.1, 0.15) is 37.4 Å². The van der Waals surface area contributed by atoms with Crippen LogP contribution in [0, 0.1) is 0 Å². The molecule has 5 heteroatoms. The lowest BCUT2D eigenvalue weighted by atomic mass is 10.0. The maximum atomic E-state index is 12.4. The summed E-state index contributed by atoms with van der Waals surface area (Å²) in [6, 6.07) is 15.8. The molecule has 0 saturated heterocycles. The Morgan fingerprint density at radius 3 is 2.48 bits per heavy atom. The zero-order chi connectivity index (χ0) is 19.6. The second kappa shape index (κ2) is 11.0. The van der Waals surface area contributed by atoms with Crippen molar-refractivity contribution in [1.82, 2.24) is 10.2 Å². The molecule has 0 aliphatic rings. The van der Waals surface area contributed by atoms with Gasteiger partial charge in [-0.1, -0.05) is 49.7 Å². The average molecular weight is 389 g/mol. The van der Waals surface area contributed by atoms with Gasteiger partial charge in [-0.05, 0) is 54.9 Å². The molecule has 0 spiro atoms. The molecule has 0 bridgehead atoms. The molecule has 0 aliphatic carbocycles. The Bertz CT molecular complexity index is 715. The van der Waals surface area contributed by atoms with E-state index in [1.54, 1.807) is 7.11 Å². The number of carbonyl (C=O) groups is 1. The molecular weight excluding hydrogens is 360 g/mol. The van der Waals surface area contributed by atoms with Crippen molar-refractivity contribution in [3.63, 3.8) is 0 Å². The van der Waals surface area contributed by atoms with E-state index < -0.39 is 0 Å². The molecule has 0 saturated carbocycles. The average Bonchev–Trinajstić information content (AvgIpc) is 2.70. The Hall–Kier alpha value is -2.04. The standard InChI is InChI=1S/C22H29ClN2O2/c1-4-25(5-2)21(18-7-6-8-20(15-18)27-3)16-24-22(26)14-11-17-9-12-19(23)13-10-17/h6-10,12-13,15,21H,4-5,11,14,16H2,1-3H3,(H,24,26)/t21-/m0/s1. The van der Waals surface area contributed by atoms with Gasteiger partial charge in [-0.2, -0.15) is 0 Å². The highest BCUT2D eigenvalue weighted by atomic mass is 35.5. The SMILES string of the molecule is CCN(CC)[C@@H](CNC(=O)CCc1ccc(Cl)cc1)c1cccc(OC)c1. The van der Waals surface area contributed by atoms with Gasteiger partial charge in [0.05, 0.1) is 13.2 Å². The Morgan fingerprint density at radius 1 is 1.15 bits per heavy atom. The summed E-state index contributed by atoms with van der Waals surface area (Å²) in [6.07, 6.45) is 1.17. The second-order valence-corrected chi connectivity index (χ2v) is 6.88. The predicted octanol–water partition coefficient (Wildman–Crippen LogP) is 4.48. The van der Waals surface area contributed by atoms with Crippen LogP contribution in [0.2, 0.25) is 5.02 Å². The van der Waals surface area contributed by atoms with Crippen LogP contribution in [0.3, 0.4) is 0 Å². The molecule has 2 rings (SSSR count). The molecule has 0 unspecified atom stereocenters. The van der Waals surface area contributed by atoms with Crippen LogP contribution in [0.15, 0.2) is 48.5 Å². The van der Waals surface area contributed by atoms with Gasteiger partial charge in [0.2, 0.25) is 5.91 Å². The molecular formula is C22H29ClN2O2. The van der Waals surface area contributed by atoms with Gasteiger partial charge < -0.3 is 10.1 Å². The van der Waals surface area contributed by atoms with E-state index in [2.05, 4.69) is 30.1 Å². The van der Waals surface area contributed by atoms with Crippen LogP contribution in [-0.4, -0.2) is 37.6 Å². The van der Waals surface area contributed by atoms with E-state index in [0.29, 0.717) is 24.4 Å². The summed E-state index contributed by atoms with van der Waals surface area (Å²) in [5.41, 5.74) is 2.26. The first-order valence-corrected chi connectivity index (χ1v) is 9.84. The number of nitrogens with zero attached hydrogens (tertiary/aromatic N) is 1. The third kappa shape index (κ3) is 6.56. The van der Waals surface area contributed by atoms with Crippen LogP contribution in [0.4, 0.5) is 0 Å². The van der Waals surface area contributed by atoms with Crippen LogP contribution in [-0.2, 0) is 11.2 Å². The van der Waals surface area contributed by atoms with Gasteiger partial charge in [0.25, 0.3) is 0 Å². The number of amides is 1. The van der Waals surface area contributed by atoms with Crippen molar-refractivity contribution in [2.75, 3.05) is 26.7 Å². The van der Waals surface area contributed by atoms with E-state index in [-0.39, 0.29) is 11.9 Å². The van der Waals surface area contributed by atoms with Crippen molar-refractivity contribution in [2.24, 2.45) is 0 Å². The molecule has 27 heavy (non-hydrogen) atoms. The number of nitrogens with one attached hydrogen (secondary N) is 1. The molecule has 2 aromatic carbocycles. The van der Waals surface area contributed by atoms with E-state index in [4.69, 9.17) is 16.3 Å². The smallest absolute Gasteiger partial charge is 0.220 e. The van der Waals surface area contributed by atoms with Crippen molar-refractivity contribution in [2.45, 2.75) is 32.7 Å². The highest BCUT2D eigenvalue weighted by Crippen LogP contribution is 2.24. The largest absolute Gasteiger partial charge is 0.497 e. The fourth-order valence-corrected chi connectivity index (χ4v) is 3.30. The Kier molecular flexibility index (Phi) is 8.62. The van der Waals surface area contributed by atoms with Crippen LogP contribution >= 0.6 is 11.6 Å².